The van der Waals surface area contributed by atoms with Crippen molar-refractivity contribution in [2.45, 2.75) is 19.5 Å². The normalized spacial score (nSPS) is 11.8. The summed E-state index contributed by atoms with van der Waals surface area (Å²) in [5.74, 6) is 0.998. The van der Waals surface area contributed by atoms with E-state index in [1.165, 1.54) is 18.3 Å². The summed E-state index contributed by atoms with van der Waals surface area (Å²) in [5.41, 5.74) is -0.360. The molecule has 0 aliphatic heterocycles. The summed E-state index contributed by atoms with van der Waals surface area (Å²) in [5, 5.41) is -0.306. The molecule has 18 heavy (non-hydrogen) atoms. The molecule has 2 nitrogen and oxygen atoms in total. The number of alkyl halides is 3. The van der Waals surface area contributed by atoms with E-state index < -0.39 is 11.7 Å². The topological polar surface area (TPSA) is 26.0 Å². The van der Waals surface area contributed by atoms with Crippen LogP contribution in [0.5, 0.6) is 0 Å². The van der Waals surface area contributed by atoms with Gasteiger partial charge in [0.15, 0.2) is 5.89 Å². The lowest BCUT2D eigenvalue weighted by Gasteiger charge is -2.10. The second-order valence-electron chi connectivity index (χ2n) is 3.83. The summed E-state index contributed by atoms with van der Waals surface area (Å²) in [6.07, 6.45) is -2.71. The Morgan fingerprint density at radius 2 is 2.06 bits per heavy atom. The van der Waals surface area contributed by atoms with Gasteiger partial charge in [0.25, 0.3) is 0 Å². The molecule has 6 heteroatoms. The van der Waals surface area contributed by atoms with Crippen LogP contribution in [0.2, 0.25) is 5.02 Å². The molecule has 96 valence electrons. The summed E-state index contributed by atoms with van der Waals surface area (Å²) < 4.78 is 43.2. The highest BCUT2D eigenvalue weighted by Gasteiger charge is 2.33. The van der Waals surface area contributed by atoms with Crippen LogP contribution in [0, 0.1) is 6.92 Å². The first-order valence-electron chi connectivity index (χ1n) is 5.13. The number of nitrogens with zero attached hydrogens (tertiary/aromatic N) is 1. The van der Waals surface area contributed by atoms with Crippen molar-refractivity contribution in [1.29, 1.82) is 0 Å². The van der Waals surface area contributed by atoms with Gasteiger partial charge in [-0.05, 0) is 17.7 Å². The summed E-state index contributed by atoms with van der Waals surface area (Å²) in [4.78, 5) is 3.89. The van der Waals surface area contributed by atoms with Crippen LogP contribution in [0.3, 0.4) is 0 Å². The van der Waals surface area contributed by atoms with Gasteiger partial charge in [0.05, 0.1) is 16.8 Å². The van der Waals surface area contributed by atoms with E-state index >= 15 is 0 Å². The number of oxazole rings is 1. The third-order valence-electron chi connectivity index (χ3n) is 2.38. The maximum absolute atomic E-state index is 12.7. The van der Waals surface area contributed by atoms with E-state index in [9.17, 15) is 13.2 Å². The minimum atomic E-state index is -4.45. The first kappa shape index (κ1) is 13.0. The molecule has 2 rings (SSSR count). The lowest BCUT2D eigenvalue weighted by molar-refractivity contribution is -0.137. The smallest absolute Gasteiger partial charge is 0.417 e. The minimum absolute atomic E-state index is 0.251. The maximum Gasteiger partial charge on any atom is 0.417 e. The Bertz CT molecular complexity index is 563. The molecule has 0 amide bonds. The summed E-state index contributed by atoms with van der Waals surface area (Å²) in [7, 11) is 0. The van der Waals surface area contributed by atoms with Crippen molar-refractivity contribution in [3.8, 4) is 0 Å². The van der Waals surface area contributed by atoms with Crippen LogP contribution in [0.15, 0.2) is 28.8 Å². The Labute approximate surface area is 106 Å². The molecule has 0 aliphatic carbocycles. The molecule has 2 aromatic rings. The van der Waals surface area contributed by atoms with E-state index in [0.717, 1.165) is 6.07 Å². The van der Waals surface area contributed by atoms with Gasteiger partial charge in [-0.3, -0.25) is 0 Å². The molecule has 0 bridgehead atoms. The molecule has 0 aliphatic rings. The highest BCUT2D eigenvalue weighted by Crippen LogP contribution is 2.35. The van der Waals surface area contributed by atoms with Crippen molar-refractivity contribution in [2.75, 3.05) is 0 Å². The molecule has 0 N–H and O–H groups in total. The van der Waals surface area contributed by atoms with Gasteiger partial charge in [-0.2, -0.15) is 13.2 Å². The number of rotatable bonds is 2. The molecule has 0 saturated heterocycles. The zero-order valence-electron chi connectivity index (χ0n) is 9.38. The number of hydrogen-bond donors (Lipinski definition) is 0. The van der Waals surface area contributed by atoms with Crippen LogP contribution >= 0.6 is 11.6 Å². The molecular formula is C12H9ClF3NO. The molecule has 0 saturated carbocycles. The fourth-order valence-electron chi connectivity index (χ4n) is 1.59. The number of hydrogen-bond acceptors (Lipinski definition) is 2. The van der Waals surface area contributed by atoms with Gasteiger partial charge in [0, 0.05) is 13.3 Å². The highest BCUT2D eigenvalue weighted by molar-refractivity contribution is 6.31. The van der Waals surface area contributed by atoms with E-state index in [0.29, 0.717) is 17.2 Å². The van der Waals surface area contributed by atoms with Crippen molar-refractivity contribution in [3.63, 3.8) is 0 Å². The zero-order valence-corrected chi connectivity index (χ0v) is 10.1. The van der Waals surface area contributed by atoms with Gasteiger partial charge in [-0.1, -0.05) is 17.7 Å². The molecule has 0 radical (unpaired) electrons. The second kappa shape index (κ2) is 4.65. The molecule has 0 spiro atoms. The predicted molar refractivity (Wildman–Crippen MR) is 60.5 cm³/mol. The van der Waals surface area contributed by atoms with Crippen LogP contribution in [-0.4, -0.2) is 4.98 Å². The summed E-state index contributed by atoms with van der Waals surface area (Å²) in [6.45, 7) is 1.67. The van der Waals surface area contributed by atoms with Crippen LogP contribution in [0.1, 0.15) is 22.8 Å². The molecule has 1 aromatic carbocycles. The average molecular weight is 276 g/mol. The minimum Gasteiger partial charge on any atom is -0.446 e. The van der Waals surface area contributed by atoms with Crippen molar-refractivity contribution in [1.82, 2.24) is 4.98 Å². The van der Waals surface area contributed by atoms with Crippen molar-refractivity contribution in [3.05, 3.63) is 52.2 Å². The first-order chi connectivity index (χ1) is 8.36. The third kappa shape index (κ3) is 2.85. The SMILES string of the molecule is Cc1ncc(Cc2ccc(Cl)c(C(F)(F)F)c2)o1. The summed E-state index contributed by atoms with van der Waals surface area (Å²) >= 11 is 5.53. The highest BCUT2D eigenvalue weighted by atomic mass is 35.5. The molecule has 0 fully saturated rings. The van der Waals surface area contributed by atoms with Crippen molar-refractivity contribution >= 4 is 11.6 Å². The number of aromatic nitrogens is 1. The number of aryl methyl sites for hydroxylation is 1. The van der Waals surface area contributed by atoms with Crippen LogP contribution in [0.4, 0.5) is 13.2 Å². The third-order valence-corrected chi connectivity index (χ3v) is 2.71. The number of halogens is 4. The Balaban J connectivity index is 2.30. The molecule has 1 heterocycles. The Hall–Kier alpha value is -1.49. The molecule has 0 atom stereocenters. The van der Waals surface area contributed by atoms with Gasteiger partial charge in [0.2, 0.25) is 0 Å². The molecular weight excluding hydrogens is 267 g/mol. The van der Waals surface area contributed by atoms with Crippen LogP contribution < -0.4 is 0 Å². The summed E-state index contributed by atoms with van der Waals surface area (Å²) in [6, 6.07) is 3.80. The van der Waals surface area contributed by atoms with Gasteiger partial charge in [-0.15, -0.1) is 0 Å². The van der Waals surface area contributed by atoms with E-state index in [2.05, 4.69) is 4.98 Å². The van der Waals surface area contributed by atoms with E-state index in [4.69, 9.17) is 16.0 Å². The average Bonchev–Trinajstić information content (AvgIpc) is 2.65. The standard InChI is InChI=1S/C12H9ClF3NO/c1-7-17-6-9(18-7)4-8-2-3-11(13)10(5-8)12(14,15)16/h2-3,5-6H,4H2,1H3. The van der Waals surface area contributed by atoms with Gasteiger partial charge < -0.3 is 4.42 Å². The van der Waals surface area contributed by atoms with Gasteiger partial charge >= 0.3 is 6.18 Å². The quantitative estimate of drug-likeness (QED) is 0.819. The Morgan fingerprint density at radius 1 is 1.33 bits per heavy atom. The van der Waals surface area contributed by atoms with E-state index in [1.807, 2.05) is 0 Å². The Kier molecular flexibility index (Phi) is 3.34. The zero-order chi connectivity index (χ0) is 13.3. The number of benzene rings is 1. The largest absolute Gasteiger partial charge is 0.446 e. The van der Waals surface area contributed by atoms with E-state index in [1.54, 1.807) is 6.92 Å². The van der Waals surface area contributed by atoms with Crippen molar-refractivity contribution < 1.29 is 17.6 Å². The van der Waals surface area contributed by atoms with Gasteiger partial charge in [-0.25, -0.2) is 4.98 Å². The molecule has 0 unspecified atom stereocenters. The van der Waals surface area contributed by atoms with E-state index in [-0.39, 0.29) is 11.4 Å². The fraction of sp³-hybridized carbons (Fsp3) is 0.250. The monoisotopic (exact) mass is 275 g/mol. The lowest BCUT2D eigenvalue weighted by Crippen LogP contribution is -2.06. The van der Waals surface area contributed by atoms with Crippen molar-refractivity contribution in [2.24, 2.45) is 0 Å². The maximum atomic E-state index is 12.7. The van der Waals surface area contributed by atoms with Crippen LogP contribution in [0.25, 0.3) is 0 Å². The fourth-order valence-corrected chi connectivity index (χ4v) is 1.81. The first-order valence-corrected chi connectivity index (χ1v) is 5.51. The lowest BCUT2D eigenvalue weighted by atomic mass is 10.1. The van der Waals surface area contributed by atoms with Gasteiger partial charge in [0.1, 0.15) is 5.76 Å². The predicted octanol–water partition coefficient (Wildman–Crippen LogP) is 4.25. The van der Waals surface area contributed by atoms with Crippen LogP contribution in [-0.2, 0) is 12.6 Å². The molecule has 1 aromatic heterocycles. The second-order valence-corrected chi connectivity index (χ2v) is 4.24. The Morgan fingerprint density at radius 3 is 2.61 bits per heavy atom.